The van der Waals surface area contributed by atoms with Gasteiger partial charge in [0.1, 0.15) is 0 Å². The van der Waals surface area contributed by atoms with E-state index in [1.807, 2.05) is 53.8 Å². The van der Waals surface area contributed by atoms with Crippen LogP contribution in [0.4, 0.5) is 0 Å². The number of carbonyl (C=O) groups excluding carboxylic acids is 2. The fourth-order valence-electron chi connectivity index (χ4n) is 3.69. The van der Waals surface area contributed by atoms with Crippen LogP contribution in [0.15, 0.2) is 59.8 Å². The zero-order valence-corrected chi connectivity index (χ0v) is 18.4. The summed E-state index contributed by atoms with van der Waals surface area (Å²) < 4.78 is 1.83. The molecule has 1 aliphatic rings. The minimum atomic E-state index is -0.311. The maximum Gasteiger partial charge on any atom is 0.251 e. The summed E-state index contributed by atoms with van der Waals surface area (Å²) >= 11 is 1.37. The van der Waals surface area contributed by atoms with E-state index in [0.717, 1.165) is 13.0 Å². The summed E-state index contributed by atoms with van der Waals surface area (Å²) in [6, 6.07) is 17.0. The number of amides is 2. The third kappa shape index (κ3) is 4.80. The minimum absolute atomic E-state index is 0.0921. The van der Waals surface area contributed by atoms with Crippen LogP contribution in [0.5, 0.6) is 0 Å². The average molecular weight is 436 g/mol. The Kier molecular flexibility index (Phi) is 6.36. The number of nitrogens with zero attached hydrogens (tertiary/aromatic N) is 4. The quantitative estimate of drug-likeness (QED) is 0.602. The van der Waals surface area contributed by atoms with E-state index in [0.29, 0.717) is 28.8 Å². The monoisotopic (exact) mass is 435 g/mol. The molecule has 2 amide bonds. The summed E-state index contributed by atoms with van der Waals surface area (Å²) in [6.07, 6.45) is 0.888. The molecule has 1 atom stereocenters. The van der Waals surface area contributed by atoms with Crippen molar-refractivity contribution in [1.29, 1.82) is 0 Å². The first-order chi connectivity index (χ1) is 15.0. The number of benzene rings is 2. The molecule has 0 saturated carbocycles. The lowest BCUT2D eigenvalue weighted by atomic mass is 10.00. The molecular formula is C23H25N5O2S. The zero-order chi connectivity index (χ0) is 21.8. The largest absolute Gasteiger partial charge is 0.342 e. The molecule has 160 valence electrons. The van der Waals surface area contributed by atoms with Crippen LogP contribution in [0, 0.1) is 0 Å². The summed E-state index contributed by atoms with van der Waals surface area (Å²) in [4.78, 5) is 27.0. The van der Waals surface area contributed by atoms with Gasteiger partial charge in [0.15, 0.2) is 11.0 Å². The highest BCUT2D eigenvalue weighted by atomic mass is 32.2. The van der Waals surface area contributed by atoms with Crippen LogP contribution in [-0.4, -0.2) is 43.8 Å². The van der Waals surface area contributed by atoms with Crippen molar-refractivity contribution < 1.29 is 9.59 Å². The number of fused-ring (bicyclic) bond motifs is 1. The Morgan fingerprint density at radius 1 is 1.06 bits per heavy atom. The van der Waals surface area contributed by atoms with Crippen molar-refractivity contribution >= 4 is 23.6 Å². The topological polar surface area (TPSA) is 80.1 Å². The van der Waals surface area contributed by atoms with Crippen molar-refractivity contribution in [2.45, 2.75) is 31.1 Å². The van der Waals surface area contributed by atoms with Gasteiger partial charge in [-0.3, -0.25) is 9.59 Å². The standard InChI is InChI=1S/C23H25N5O2S/c1-16(24-22(30)18-9-4-3-5-10-18)21-25-26-23(27(21)2)31-15-20(29)28-13-12-17-8-6-7-11-19(17)14-28/h3-11,16H,12-15H2,1-2H3,(H,24,30)/t16-/m1/s1. The molecule has 1 N–H and O–H groups in total. The predicted octanol–water partition coefficient (Wildman–Crippen LogP) is 2.98. The number of carbonyl (C=O) groups is 2. The Balaban J connectivity index is 1.34. The SMILES string of the molecule is C[C@@H](NC(=O)c1ccccc1)c1nnc(SCC(=O)N2CCc3ccccc3C2)n1C. The molecule has 0 spiro atoms. The first kappa shape index (κ1) is 21.1. The van der Waals surface area contributed by atoms with Crippen LogP contribution in [-0.2, 0) is 24.8 Å². The zero-order valence-electron chi connectivity index (χ0n) is 17.6. The van der Waals surface area contributed by atoms with Crippen LogP contribution in [0.25, 0.3) is 0 Å². The molecule has 2 heterocycles. The van der Waals surface area contributed by atoms with Crippen LogP contribution >= 0.6 is 11.8 Å². The first-order valence-electron chi connectivity index (χ1n) is 10.3. The second-order valence-corrected chi connectivity index (χ2v) is 8.53. The summed E-state index contributed by atoms with van der Waals surface area (Å²) in [5, 5.41) is 12.1. The van der Waals surface area contributed by atoms with Gasteiger partial charge in [-0.1, -0.05) is 54.2 Å². The number of thioether (sulfide) groups is 1. The lowest BCUT2D eigenvalue weighted by Gasteiger charge is -2.28. The highest BCUT2D eigenvalue weighted by Crippen LogP contribution is 2.22. The van der Waals surface area contributed by atoms with Crippen molar-refractivity contribution in [2.75, 3.05) is 12.3 Å². The Bertz CT molecular complexity index is 1080. The van der Waals surface area contributed by atoms with Crippen molar-refractivity contribution in [3.8, 4) is 0 Å². The summed E-state index contributed by atoms with van der Waals surface area (Å²) in [7, 11) is 1.85. The molecule has 8 heteroatoms. The van der Waals surface area contributed by atoms with Gasteiger partial charge in [0.2, 0.25) is 5.91 Å². The molecular weight excluding hydrogens is 410 g/mol. The number of rotatable bonds is 6. The van der Waals surface area contributed by atoms with Gasteiger partial charge in [-0.2, -0.15) is 0 Å². The Morgan fingerprint density at radius 3 is 2.55 bits per heavy atom. The van der Waals surface area contributed by atoms with Crippen LogP contribution in [0.1, 0.15) is 40.3 Å². The molecule has 1 aliphatic heterocycles. The number of hydrogen-bond acceptors (Lipinski definition) is 5. The van der Waals surface area contributed by atoms with Gasteiger partial charge >= 0.3 is 0 Å². The van der Waals surface area contributed by atoms with Crippen LogP contribution < -0.4 is 5.32 Å². The van der Waals surface area contributed by atoms with E-state index in [4.69, 9.17) is 0 Å². The Labute approximate surface area is 185 Å². The molecule has 0 fully saturated rings. The molecule has 0 unspecified atom stereocenters. The van der Waals surface area contributed by atoms with Crippen molar-refractivity contribution in [1.82, 2.24) is 25.0 Å². The van der Waals surface area contributed by atoms with Gasteiger partial charge in [-0.15, -0.1) is 10.2 Å². The highest BCUT2D eigenvalue weighted by Gasteiger charge is 2.22. The molecule has 0 saturated heterocycles. The molecule has 0 bridgehead atoms. The summed E-state index contributed by atoms with van der Waals surface area (Å²) in [5.41, 5.74) is 3.14. The van der Waals surface area contributed by atoms with Gasteiger partial charge in [0, 0.05) is 25.7 Å². The molecule has 7 nitrogen and oxygen atoms in total. The number of aromatic nitrogens is 3. The maximum atomic E-state index is 12.7. The van der Waals surface area contributed by atoms with Gasteiger partial charge in [0.25, 0.3) is 5.91 Å². The molecule has 4 rings (SSSR count). The molecule has 0 aliphatic carbocycles. The molecule has 3 aromatic rings. The molecule has 2 aromatic carbocycles. The molecule has 0 radical (unpaired) electrons. The summed E-state index contributed by atoms with van der Waals surface area (Å²) in [6.45, 7) is 3.26. The normalized spacial score (nSPS) is 14.1. The lowest BCUT2D eigenvalue weighted by molar-refractivity contribution is -0.129. The van der Waals surface area contributed by atoms with Crippen molar-refractivity contribution in [3.63, 3.8) is 0 Å². The third-order valence-corrected chi connectivity index (χ3v) is 6.45. The number of nitrogens with one attached hydrogen (secondary N) is 1. The third-order valence-electron chi connectivity index (χ3n) is 5.45. The van der Waals surface area contributed by atoms with E-state index in [9.17, 15) is 9.59 Å². The highest BCUT2D eigenvalue weighted by molar-refractivity contribution is 7.99. The lowest BCUT2D eigenvalue weighted by Crippen LogP contribution is -2.37. The number of hydrogen-bond donors (Lipinski definition) is 1. The van der Waals surface area contributed by atoms with E-state index in [2.05, 4.69) is 27.6 Å². The van der Waals surface area contributed by atoms with Crippen molar-refractivity contribution in [3.05, 3.63) is 77.1 Å². The Hall–Kier alpha value is -3.13. The fourth-order valence-corrected chi connectivity index (χ4v) is 4.51. The second kappa shape index (κ2) is 9.34. The van der Waals surface area contributed by atoms with Gasteiger partial charge in [0.05, 0.1) is 11.8 Å². The van der Waals surface area contributed by atoms with Crippen LogP contribution in [0.3, 0.4) is 0 Å². The van der Waals surface area contributed by atoms with E-state index in [1.165, 1.54) is 22.9 Å². The fraction of sp³-hybridized carbons (Fsp3) is 0.304. The van der Waals surface area contributed by atoms with E-state index in [-0.39, 0.29) is 17.9 Å². The van der Waals surface area contributed by atoms with E-state index in [1.54, 1.807) is 12.1 Å². The smallest absolute Gasteiger partial charge is 0.251 e. The molecule has 31 heavy (non-hydrogen) atoms. The summed E-state index contributed by atoms with van der Waals surface area (Å²) in [5.74, 6) is 0.880. The Morgan fingerprint density at radius 2 is 1.77 bits per heavy atom. The van der Waals surface area contributed by atoms with E-state index < -0.39 is 0 Å². The average Bonchev–Trinajstić information content (AvgIpc) is 3.18. The maximum absolute atomic E-state index is 12.7. The molecule has 1 aromatic heterocycles. The predicted molar refractivity (Wildman–Crippen MR) is 120 cm³/mol. The first-order valence-corrected chi connectivity index (χ1v) is 11.2. The van der Waals surface area contributed by atoms with Crippen molar-refractivity contribution in [2.24, 2.45) is 7.05 Å². The van der Waals surface area contributed by atoms with E-state index >= 15 is 0 Å². The van der Waals surface area contributed by atoms with Gasteiger partial charge < -0.3 is 14.8 Å². The van der Waals surface area contributed by atoms with Crippen LogP contribution in [0.2, 0.25) is 0 Å². The second-order valence-electron chi connectivity index (χ2n) is 7.58. The van der Waals surface area contributed by atoms with Gasteiger partial charge in [-0.25, -0.2) is 0 Å². The minimum Gasteiger partial charge on any atom is -0.342 e. The van der Waals surface area contributed by atoms with Gasteiger partial charge in [-0.05, 0) is 36.6 Å².